The molecular formula is C12H11N7O4. The summed E-state index contributed by atoms with van der Waals surface area (Å²) in [5.41, 5.74) is -0.319. The van der Waals surface area contributed by atoms with Crippen LogP contribution in [0, 0.1) is 0 Å². The Morgan fingerprint density at radius 1 is 1.30 bits per heavy atom. The molecule has 0 fully saturated rings. The Hall–Kier alpha value is -3.50. The summed E-state index contributed by atoms with van der Waals surface area (Å²) in [5.74, 6) is -0.125. The van der Waals surface area contributed by atoms with E-state index in [0.29, 0.717) is 11.6 Å². The summed E-state index contributed by atoms with van der Waals surface area (Å²) >= 11 is 0. The average molecular weight is 317 g/mol. The van der Waals surface area contributed by atoms with Crippen LogP contribution < -0.4 is 10.1 Å². The zero-order chi connectivity index (χ0) is 16.1. The van der Waals surface area contributed by atoms with E-state index in [4.69, 9.17) is 9.84 Å². The molecule has 0 spiro atoms. The van der Waals surface area contributed by atoms with Crippen LogP contribution in [0.15, 0.2) is 35.0 Å². The lowest BCUT2D eigenvalue weighted by atomic mass is 10.3. The van der Waals surface area contributed by atoms with Crippen LogP contribution in [-0.2, 0) is 13.3 Å². The van der Waals surface area contributed by atoms with E-state index < -0.39 is 5.97 Å². The Labute approximate surface area is 128 Å². The number of anilines is 1. The van der Waals surface area contributed by atoms with Gasteiger partial charge in [0.1, 0.15) is 19.0 Å². The SMILES string of the molecule is O=C(O)c1nonc1NCn1nnnc1COc1ccccc1. The summed E-state index contributed by atoms with van der Waals surface area (Å²) in [5, 5.41) is 29.6. The van der Waals surface area contributed by atoms with Gasteiger partial charge in [-0.3, -0.25) is 0 Å². The van der Waals surface area contributed by atoms with Crippen molar-refractivity contribution in [2.75, 3.05) is 5.32 Å². The van der Waals surface area contributed by atoms with Crippen molar-refractivity contribution in [1.29, 1.82) is 0 Å². The zero-order valence-electron chi connectivity index (χ0n) is 11.7. The minimum Gasteiger partial charge on any atom is -0.486 e. The Morgan fingerprint density at radius 2 is 2.13 bits per heavy atom. The Morgan fingerprint density at radius 3 is 2.91 bits per heavy atom. The Kier molecular flexibility index (Phi) is 4.09. The van der Waals surface area contributed by atoms with Crippen LogP contribution in [0.5, 0.6) is 5.75 Å². The van der Waals surface area contributed by atoms with Crippen LogP contribution in [0.2, 0.25) is 0 Å². The van der Waals surface area contributed by atoms with Crippen molar-refractivity contribution in [3.8, 4) is 5.75 Å². The van der Waals surface area contributed by atoms with E-state index in [-0.39, 0.29) is 24.8 Å². The fourth-order valence-electron chi connectivity index (χ4n) is 1.71. The van der Waals surface area contributed by atoms with Gasteiger partial charge < -0.3 is 15.2 Å². The number of carboxylic acids is 1. The van der Waals surface area contributed by atoms with Crippen LogP contribution in [0.25, 0.3) is 0 Å². The van der Waals surface area contributed by atoms with Gasteiger partial charge >= 0.3 is 5.97 Å². The number of nitrogens with zero attached hydrogens (tertiary/aromatic N) is 6. The summed E-state index contributed by atoms with van der Waals surface area (Å²) in [6.07, 6.45) is 0. The number of benzene rings is 1. The van der Waals surface area contributed by atoms with Crippen LogP contribution in [0.4, 0.5) is 5.82 Å². The van der Waals surface area contributed by atoms with Gasteiger partial charge in [-0.1, -0.05) is 18.2 Å². The molecule has 0 aliphatic carbocycles. The van der Waals surface area contributed by atoms with E-state index >= 15 is 0 Å². The van der Waals surface area contributed by atoms with Gasteiger partial charge in [0, 0.05) is 0 Å². The topological polar surface area (TPSA) is 141 Å². The van der Waals surface area contributed by atoms with Gasteiger partial charge in [0.05, 0.1) is 0 Å². The first-order valence-corrected chi connectivity index (χ1v) is 6.46. The number of nitrogens with one attached hydrogen (secondary N) is 1. The highest BCUT2D eigenvalue weighted by molar-refractivity contribution is 5.90. The standard InChI is InChI=1S/C12H11N7O4/c20-12(21)10-11(16-23-15-10)13-7-19-9(14-17-18-19)6-22-8-4-2-1-3-5-8/h1-5H,6-7H2,(H,13,16)(H,20,21). The summed E-state index contributed by atoms with van der Waals surface area (Å²) in [6, 6.07) is 9.21. The number of aromatic carboxylic acids is 1. The number of carboxylic acid groups (broad SMARTS) is 1. The molecule has 0 amide bonds. The van der Waals surface area contributed by atoms with Gasteiger partial charge in [0.2, 0.25) is 11.5 Å². The molecule has 3 aromatic rings. The van der Waals surface area contributed by atoms with E-state index in [1.54, 1.807) is 0 Å². The maximum atomic E-state index is 10.9. The van der Waals surface area contributed by atoms with Gasteiger partial charge in [0.25, 0.3) is 0 Å². The van der Waals surface area contributed by atoms with Crippen LogP contribution in [-0.4, -0.2) is 41.6 Å². The van der Waals surface area contributed by atoms with Crippen LogP contribution >= 0.6 is 0 Å². The molecule has 2 aromatic heterocycles. The van der Waals surface area contributed by atoms with Gasteiger partial charge in [-0.25, -0.2) is 14.1 Å². The smallest absolute Gasteiger partial charge is 0.362 e. The molecule has 0 bridgehead atoms. The highest BCUT2D eigenvalue weighted by Crippen LogP contribution is 2.11. The van der Waals surface area contributed by atoms with Crippen LogP contribution in [0.3, 0.4) is 0 Å². The molecule has 23 heavy (non-hydrogen) atoms. The predicted octanol–water partition coefficient (Wildman–Crippen LogP) is 0.403. The van der Waals surface area contributed by atoms with Gasteiger partial charge in [-0.2, -0.15) is 0 Å². The molecule has 0 aliphatic heterocycles. The van der Waals surface area contributed by atoms with Gasteiger partial charge in [0.15, 0.2) is 5.82 Å². The maximum absolute atomic E-state index is 10.9. The molecule has 3 rings (SSSR count). The number of carbonyl (C=O) groups is 1. The van der Waals surface area contributed by atoms with Crippen molar-refractivity contribution >= 4 is 11.8 Å². The third-order valence-electron chi connectivity index (χ3n) is 2.80. The summed E-state index contributed by atoms with van der Waals surface area (Å²) in [7, 11) is 0. The molecule has 118 valence electrons. The third-order valence-corrected chi connectivity index (χ3v) is 2.80. The van der Waals surface area contributed by atoms with Gasteiger partial charge in [-0.15, -0.1) is 5.10 Å². The first kappa shape index (κ1) is 14.4. The molecule has 0 aliphatic rings. The lowest BCUT2D eigenvalue weighted by Crippen LogP contribution is -2.16. The van der Waals surface area contributed by atoms with Gasteiger partial charge in [-0.05, 0) is 32.9 Å². The second kappa shape index (κ2) is 6.51. The van der Waals surface area contributed by atoms with Crippen molar-refractivity contribution in [3.05, 3.63) is 41.9 Å². The number of ether oxygens (including phenoxy) is 1. The van der Waals surface area contributed by atoms with Crippen molar-refractivity contribution in [1.82, 2.24) is 30.5 Å². The Bertz CT molecular complexity index is 786. The molecular weight excluding hydrogens is 306 g/mol. The molecule has 2 N–H and O–H groups in total. The van der Waals surface area contributed by atoms with Crippen molar-refractivity contribution in [2.45, 2.75) is 13.3 Å². The van der Waals surface area contributed by atoms with Crippen molar-refractivity contribution in [3.63, 3.8) is 0 Å². The highest BCUT2D eigenvalue weighted by Gasteiger charge is 2.17. The average Bonchev–Trinajstić information content (AvgIpc) is 3.21. The minimum absolute atomic E-state index is 0.0112. The number of hydrogen-bond donors (Lipinski definition) is 2. The number of rotatable bonds is 7. The first-order valence-electron chi connectivity index (χ1n) is 6.46. The highest BCUT2D eigenvalue weighted by atomic mass is 16.6. The fourth-order valence-corrected chi connectivity index (χ4v) is 1.71. The summed E-state index contributed by atoms with van der Waals surface area (Å²) in [4.78, 5) is 10.9. The van der Waals surface area contributed by atoms with Crippen LogP contribution in [0.1, 0.15) is 16.3 Å². The molecule has 11 heteroatoms. The molecule has 0 radical (unpaired) electrons. The van der Waals surface area contributed by atoms with E-state index in [2.05, 4.69) is 35.8 Å². The molecule has 0 saturated carbocycles. The van der Waals surface area contributed by atoms with Crippen molar-refractivity contribution < 1.29 is 19.3 Å². The zero-order valence-corrected chi connectivity index (χ0v) is 11.7. The van der Waals surface area contributed by atoms with E-state index in [9.17, 15) is 4.79 Å². The van der Waals surface area contributed by atoms with E-state index in [1.807, 2.05) is 30.3 Å². The van der Waals surface area contributed by atoms with E-state index in [1.165, 1.54) is 4.68 Å². The van der Waals surface area contributed by atoms with Crippen molar-refractivity contribution in [2.24, 2.45) is 0 Å². The number of hydrogen-bond acceptors (Lipinski definition) is 9. The summed E-state index contributed by atoms with van der Waals surface area (Å²) < 4.78 is 11.3. The lowest BCUT2D eigenvalue weighted by Gasteiger charge is -2.07. The maximum Gasteiger partial charge on any atom is 0.362 e. The molecule has 11 nitrogen and oxygen atoms in total. The second-order valence-electron chi connectivity index (χ2n) is 4.30. The van der Waals surface area contributed by atoms with E-state index in [0.717, 1.165) is 0 Å². The monoisotopic (exact) mass is 317 g/mol. The minimum atomic E-state index is -1.25. The molecule has 0 saturated heterocycles. The molecule has 1 aromatic carbocycles. The number of aromatic nitrogens is 6. The molecule has 2 heterocycles. The lowest BCUT2D eigenvalue weighted by molar-refractivity contribution is 0.0685. The Balaban J connectivity index is 1.62. The number of tetrazole rings is 1. The second-order valence-corrected chi connectivity index (χ2v) is 4.30. The molecule has 0 unspecified atom stereocenters. The predicted molar refractivity (Wildman–Crippen MR) is 73.5 cm³/mol. The quantitative estimate of drug-likeness (QED) is 0.628. The largest absolute Gasteiger partial charge is 0.486 e. The first-order chi connectivity index (χ1) is 11.2. The molecule has 0 atom stereocenters. The fraction of sp³-hybridized carbons (Fsp3) is 0.167. The third kappa shape index (κ3) is 3.40. The number of para-hydroxylation sites is 1. The summed E-state index contributed by atoms with van der Waals surface area (Å²) in [6.45, 7) is 0.233. The normalized spacial score (nSPS) is 10.4.